The standard InChI is InChI=1S/C16H31N3O/c1-18(10-11-19-8-2-3-9-19)12-16(13-20,14-4-5-14)17-15-6-7-15/h14-15,17,20H,2-13H2,1H3. The molecule has 3 aliphatic rings. The molecule has 0 bridgehead atoms. The van der Waals surface area contributed by atoms with Gasteiger partial charge in [-0.05, 0) is 64.6 Å². The van der Waals surface area contributed by atoms with E-state index in [9.17, 15) is 5.11 Å². The average molecular weight is 281 g/mol. The molecule has 3 fully saturated rings. The van der Waals surface area contributed by atoms with Crippen LogP contribution in [0.4, 0.5) is 0 Å². The van der Waals surface area contributed by atoms with Crippen molar-refractivity contribution in [3.63, 3.8) is 0 Å². The van der Waals surface area contributed by atoms with E-state index in [0.29, 0.717) is 18.6 Å². The Morgan fingerprint density at radius 3 is 2.45 bits per heavy atom. The molecule has 0 aromatic rings. The molecule has 1 unspecified atom stereocenters. The zero-order valence-electron chi connectivity index (χ0n) is 13.0. The average Bonchev–Trinajstić information content (AvgIpc) is 3.36. The highest BCUT2D eigenvalue weighted by Gasteiger charge is 2.47. The van der Waals surface area contributed by atoms with Crippen molar-refractivity contribution in [1.82, 2.24) is 15.1 Å². The number of nitrogens with zero attached hydrogens (tertiary/aromatic N) is 2. The molecule has 0 aromatic carbocycles. The molecule has 0 radical (unpaired) electrons. The second kappa shape index (κ2) is 6.30. The van der Waals surface area contributed by atoms with Crippen LogP contribution in [-0.2, 0) is 0 Å². The quantitative estimate of drug-likeness (QED) is 0.659. The Hall–Kier alpha value is -0.160. The Labute approximate surface area is 123 Å². The van der Waals surface area contributed by atoms with Gasteiger partial charge in [0.15, 0.2) is 0 Å². The topological polar surface area (TPSA) is 38.7 Å². The Morgan fingerprint density at radius 1 is 1.20 bits per heavy atom. The van der Waals surface area contributed by atoms with Gasteiger partial charge in [0, 0.05) is 25.7 Å². The van der Waals surface area contributed by atoms with Gasteiger partial charge in [-0.2, -0.15) is 0 Å². The first-order valence-corrected chi connectivity index (χ1v) is 8.51. The van der Waals surface area contributed by atoms with Crippen molar-refractivity contribution in [2.45, 2.75) is 50.1 Å². The van der Waals surface area contributed by atoms with Crippen LogP contribution in [0.3, 0.4) is 0 Å². The second-order valence-electron chi connectivity index (χ2n) is 7.29. The SMILES string of the molecule is CN(CCN1CCCC1)CC(CO)(NC1CC1)C1CC1. The van der Waals surface area contributed by atoms with Gasteiger partial charge < -0.3 is 20.2 Å². The normalized spacial score (nSPS) is 27.1. The Bertz CT molecular complexity index is 311. The van der Waals surface area contributed by atoms with Crippen molar-refractivity contribution in [2.24, 2.45) is 5.92 Å². The third-order valence-electron chi connectivity index (χ3n) is 5.26. The van der Waals surface area contributed by atoms with Crippen LogP contribution in [0.5, 0.6) is 0 Å². The molecule has 20 heavy (non-hydrogen) atoms. The molecule has 1 atom stereocenters. The summed E-state index contributed by atoms with van der Waals surface area (Å²) in [7, 11) is 2.22. The minimum absolute atomic E-state index is 0.0269. The Balaban J connectivity index is 1.48. The molecule has 3 rings (SSSR count). The molecular weight excluding hydrogens is 250 g/mol. The summed E-state index contributed by atoms with van der Waals surface area (Å²) in [6.45, 7) is 6.16. The molecule has 4 heteroatoms. The fourth-order valence-corrected chi connectivity index (χ4v) is 3.67. The van der Waals surface area contributed by atoms with E-state index >= 15 is 0 Å². The van der Waals surface area contributed by atoms with E-state index in [2.05, 4.69) is 22.2 Å². The molecule has 0 aromatic heterocycles. The summed E-state index contributed by atoms with van der Waals surface area (Å²) in [6, 6.07) is 0.676. The molecule has 2 N–H and O–H groups in total. The van der Waals surface area contributed by atoms with Gasteiger partial charge in [-0.1, -0.05) is 0 Å². The number of likely N-dealkylation sites (tertiary alicyclic amines) is 1. The van der Waals surface area contributed by atoms with Crippen molar-refractivity contribution in [1.29, 1.82) is 0 Å². The van der Waals surface area contributed by atoms with Crippen molar-refractivity contribution >= 4 is 0 Å². The van der Waals surface area contributed by atoms with Crippen LogP contribution in [0.1, 0.15) is 38.5 Å². The van der Waals surface area contributed by atoms with Crippen LogP contribution in [-0.4, -0.2) is 72.9 Å². The number of aliphatic hydroxyl groups excluding tert-OH is 1. The summed E-state index contributed by atoms with van der Waals surface area (Å²) < 4.78 is 0. The minimum atomic E-state index is -0.0269. The van der Waals surface area contributed by atoms with E-state index in [1.807, 2.05) is 0 Å². The number of hydrogen-bond donors (Lipinski definition) is 2. The van der Waals surface area contributed by atoms with E-state index in [-0.39, 0.29) is 5.54 Å². The summed E-state index contributed by atoms with van der Waals surface area (Å²) in [5, 5.41) is 13.8. The lowest BCUT2D eigenvalue weighted by molar-refractivity contribution is 0.0952. The lowest BCUT2D eigenvalue weighted by Crippen LogP contribution is -2.58. The molecule has 1 saturated heterocycles. The van der Waals surface area contributed by atoms with E-state index in [1.165, 1.54) is 58.2 Å². The van der Waals surface area contributed by atoms with Crippen LogP contribution in [0.15, 0.2) is 0 Å². The molecule has 1 aliphatic heterocycles. The van der Waals surface area contributed by atoms with Gasteiger partial charge in [0.05, 0.1) is 12.1 Å². The highest BCUT2D eigenvalue weighted by molar-refractivity contribution is 5.06. The number of rotatable bonds is 9. The van der Waals surface area contributed by atoms with Crippen molar-refractivity contribution < 1.29 is 5.11 Å². The van der Waals surface area contributed by atoms with Crippen LogP contribution < -0.4 is 5.32 Å². The van der Waals surface area contributed by atoms with Crippen LogP contribution in [0, 0.1) is 5.92 Å². The number of likely N-dealkylation sites (N-methyl/N-ethyl adjacent to an activating group) is 1. The largest absolute Gasteiger partial charge is 0.394 e. The smallest absolute Gasteiger partial charge is 0.0628 e. The van der Waals surface area contributed by atoms with Crippen molar-refractivity contribution in [3.8, 4) is 0 Å². The molecule has 116 valence electrons. The predicted molar refractivity (Wildman–Crippen MR) is 81.9 cm³/mol. The van der Waals surface area contributed by atoms with E-state index in [0.717, 1.165) is 13.1 Å². The predicted octanol–water partition coefficient (Wildman–Crippen LogP) is 0.907. The first-order valence-electron chi connectivity index (χ1n) is 8.51. The van der Waals surface area contributed by atoms with Crippen molar-refractivity contribution in [3.05, 3.63) is 0 Å². The van der Waals surface area contributed by atoms with Gasteiger partial charge in [-0.15, -0.1) is 0 Å². The third kappa shape index (κ3) is 3.73. The minimum Gasteiger partial charge on any atom is -0.394 e. The third-order valence-corrected chi connectivity index (χ3v) is 5.26. The van der Waals surface area contributed by atoms with Gasteiger partial charge in [0.1, 0.15) is 0 Å². The Kier molecular flexibility index (Phi) is 4.65. The zero-order chi connectivity index (χ0) is 14.0. The van der Waals surface area contributed by atoms with E-state index in [1.54, 1.807) is 0 Å². The Morgan fingerprint density at radius 2 is 1.90 bits per heavy atom. The maximum Gasteiger partial charge on any atom is 0.0628 e. The van der Waals surface area contributed by atoms with Gasteiger partial charge in [-0.3, -0.25) is 0 Å². The highest BCUT2D eigenvalue weighted by Crippen LogP contribution is 2.41. The molecular formula is C16H31N3O. The summed E-state index contributed by atoms with van der Waals surface area (Å²) in [5.74, 6) is 0.697. The van der Waals surface area contributed by atoms with Crippen LogP contribution in [0.25, 0.3) is 0 Å². The maximum absolute atomic E-state index is 9.99. The van der Waals surface area contributed by atoms with E-state index < -0.39 is 0 Å². The zero-order valence-corrected chi connectivity index (χ0v) is 13.0. The summed E-state index contributed by atoms with van der Waals surface area (Å²) in [4.78, 5) is 5.00. The van der Waals surface area contributed by atoms with Crippen LogP contribution in [0.2, 0.25) is 0 Å². The maximum atomic E-state index is 9.99. The fraction of sp³-hybridized carbons (Fsp3) is 1.00. The first-order chi connectivity index (χ1) is 9.72. The monoisotopic (exact) mass is 281 g/mol. The molecule has 0 amide bonds. The van der Waals surface area contributed by atoms with Gasteiger partial charge in [0.2, 0.25) is 0 Å². The lowest BCUT2D eigenvalue weighted by Gasteiger charge is -2.38. The van der Waals surface area contributed by atoms with Gasteiger partial charge >= 0.3 is 0 Å². The van der Waals surface area contributed by atoms with Crippen molar-refractivity contribution in [2.75, 3.05) is 46.4 Å². The van der Waals surface area contributed by atoms with Gasteiger partial charge in [-0.25, -0.2) is 0 Å². The van der Waals surface area contributed by atoms with E-state index in [4.69, 9.17) is 0 Å². The molecule has 2 saturated carbocycles. The fourth-order valence-electron chi connectivity index (χ4n) is 3.67. The lowest BCUT2D eigenvalue weighted by atomic mass is 9.93. The summed E-state index contributed by atoms with van der Waals surface area (Å²) in [6.07, 6.45) is 7.92. The first kappa shape index (κ1) is 14.8. The highest BCUT2D eigenvalue weighted by atomic mass is 16.3. The molecule has 1 heterocycles. The van der Waals surface area contributed by atoms with Gasteiger partial charge in [0.25, 0.3) is 0 Å². The second-order valence-corrected chi connectivity index (χ2v) is 7.29. The summed E-state index contributed by atoms with van der Waals surface area (Å²) in [5.41, 5.74) is -0.0269. The van der Waals surface area contributed by atoms with Crippen LogP contribution >= 0.6 is 0 Å². The molecule has 2 aliphatic carbocycles. The summed E-state index contributed by atoms with van der Waals surface area (Å²) >= 11 is 0. The number of aliphatic hydroxyl groups is 1. The number of hydrogen-bond acceptors (Lipinski definition) is 4. The molecule has 4 nitrogen and oxygen atoms in total. The molecule has 0 spiro atoms. The number of nitrogens with one attached hydrogen (secondary N) is 1.